The van der Waals surface area contributed by atoms with Crippen molar-refractivity contribution in [1.82, 2.24) is 9.88 Å². The van der Waals surface area contributed by atoms with Crippen molar-refractivity contribution in [3.8, 4) is 0 Å². The average Bonchev–Trinajstić information content (AvgIpc) is 3.10. The number of carbonyl (C=O) groups excluding carboxylic acids is 1. The Morgan fingerprint density at radius 1 is 1.32 bits per heavy atom. The van der Waals surface area contributed by atoms with Crippen LogP contribution in [0.4, 0.5) is 8.78 Å². The van der Waals surface area contributed by atoms with Crippen LogP contribution >= 0.6 is 0 Å². The van der Waals surface area contributed by atoms with E-state index in [-0.39, 0.29) is 24.2 Å². The molecule has 0 spiro atoms. The number of halogens is 2. The van der Waals surface area contributed by atoms with Crippen molar-refractivity contribution >= 4 is 5.91 Å². The molecule has 25 heavy (non-hydrogen) atoms. The standard InChI is InChI=1S/C19H24F2N2O2/c20-19(21)8-15(9-19)17(24)23-10-16-2-1-5-18(16,12-23)13-25-11-14-3-6-22-7-4-14/h3-4,6-7,15-16H,1-2,5,8-13H2/t16-,18+/m0/s1. The second kappa shape index (κ2) is 6.31. The highest BCUT2D eigenvalue weighted by atomic mass is 19.3. The van der Waals surface area contributed by atoms with E-state index in [4.69, 9.17) is 4.74 Å². The first-order valence-corrected chi connectivity index (χ1v) is 9.11. The first kappa shape index (κ1) is 16.9. The monoisotopic (exact) mass is 350 g/mol. The molecule has 2 atom stereocenters. The second-order valence-corrected chi connectivity index (χ2v) is 7.98. The molecular formula is C19H24F2N2O2. The van der Waals surface area contributed by atoms with Gasteiger partial charge in [-0.1, -0.05) is 6.42 Å². The summed E-state index contributed by atoms with van der Waals surface area (Å²) in [6, 6.07) is 3.87. The molecule has 1 saturated heterocycles. The molecule has 1 aromatic rings. The molecule has 1 aliphatic heterocycles. The van der Waals surface area contributed by atoms with Gasteiger partial charge in [0.15, 0.2) is 0 Å². The van der Waals surface area contributed by atoms with E-state index in [0.29, 0.717) is 32.2 Å². The smallest absolute Gasteiger partial charge is 0.249 e. The number of amides is 1. The lowest BCUT2D eigenvalue weighted by atomic mass is 9.80. The highest BCUT2D eigenvalue weighted by Crippen LogP contribution is 2.51. The van der Waals surface area contributed by atoms with Crippen molar-refractivity contribution in [3.63, 3.8) is 0 Å². The van der Waals surface area contributed by atoms with Gasteiger partial charge in [-0.05, 0) is 36.5 Å². The predicted octanol–water partition coefficient (Wildman–Crippen LogP) is 3.27. The Kier molecular flexibility index (Phi) is 4.26. The first-order chi connectivity index (χ1) is 12.0. The molecular weight excluding hydrogens is 326 g/mol. The number of pyridine rings is 1. The average molecular weight is 350 g/mol. The number of rotatable bonds is 5. The van der Waals surface area contributed by atoms with E-state index in [0.717, 1.165) is 24.8 Å². The first-order valence-electron chi connectivity index (χ1n) is 9.11. The van der Waals surface area contributed by atoms with E-state index in [2.05, 4.69) is 4.98 Å². The quantitative estimate of drug-likeness (QED) is 0.818. The third-order valence-electron chi connectivity index (χ3n) is 6.20. The molecule has 136 valence electrons. The van der Waals surface area contributed by atoms with Gasteiger partial charge in [-0.3, -0.25) is 9.78 Å². The summed E-state index contributed by atoms with van der Waals surface area (Å²) in [6.07, 6.45) is 6.26. The van der Waals surface area contributed by atoms with Crippen LogP contribution in [0.5, 0.6) is 0 Å². The zero-order valence-corrected chi connectivity index (χ0v) is 14.3. The van der Waals surface area contributed by atoms with Gasteiger partial charge in [0, 0.05) is 49.7 Å². The summed E-state index contributed by atoms with van der Waals surface area (Å²) in [7, 11) is 0. The SMILES string of the molecule is O=C(C1CC(F)(F)C1)N1C[C@@H]2CCC[C@]2(COCc2ccncc2)C1. The van der Waals surface area contributed by atoms with Crippen molar-refractivity contribution in [2.24, 2.45) is 17.3 Å². The van der Waals surface area contributed by atoms with Crippen molar-refractivity contribution in [3.05, 3.63) is 30.1 Å². The minimum Gasteiger partial charge on any atom is -0.376 e. The van der Waals surface area contributed by atoms with Gasteiger partial charge in [-0.2, -0.15) is 0 Å². The zero-order valence-electron chi connectivity index (χ0n) is 14.3. The predicted molar refractivity (Wildman–Crippen MR) is 87.9 cm³/mol. The Morgan fingerprint density at radius 2 is 2.08 bits per heavy atom. The number of carbonyl (C=O) groups is 1. The minimum atomic E-state index is -2.64. The van der Waals surface area contributed by atoms with Gasteiger partial charge in [0.2, 0.25) is 11.8 Å². The summed E-state index contributed by atoms with van der Waals surface area (Å²) in [5.41, 5.74) is 1.10. The molecule has 0 N–H and O–H groups in total. The summed E-state index contributed by atoms with van der Waals surface area (Å²) in [6.45, 7) is 2.54. The molecule has 2 saturated carbocycles. The summed E-state index contributed by atoms with van der Waals surface area (Å²) in [4.78, 5) is 18.4. The molecule has 1 aromatic heterocycles. The number of nitrogens with zero attached hydrogens (tertiary/aromatic N) is 2. The van der Waals surface area contributed by atoms with Crippen LogP contribution in [0.3, 0.4) is 0 Å². The molecule has 0 unspecified atom stereocenters. The fourth-order valence-corrected chi connectivity index (χ4v) is 4.76. The lowest BCUT2D eigenvalue weighted by Crippen LogP contribution is -2.46. The Balaban J connectivity index is 1.35. The highest BCUT2D eigenvalue weighted by Gasteiger charge is 2.55. The highest BCUT2D eigenvalue weighted by molar-refractivity contribution is 5.80. The third-order valence-corrected chi connectivity index (χ3v) is 6.20. The number of alkyl halides is 2. The van der Waals surface area contributed by atoms with Crippen molar-refractivity contribution < 1.29 is 18.3 Å². The molecule has 0 aromatic carbocycles. The maximum Gasteiger partial charge on any atom is 0.249 e. The van der Waals surface area contributed by atoms with Crippen molar-refractivity contribution in [2.45, 2.75) is 44.6 Å². The van der Waals surface area contributed by atoms with E-state index in [1.165, 1.54) is 0 Å². The van der Waals surface area contributed by atoms with Crippen LogP contribution in [0.2, 0.25) is 0 Å². The summed E-state index contributed by atoms with van der Waals surface area (Å²) >= 11 is 0. The lowest BCUT2D eigenvalue weighted by molar-refractivity contribution is -0.159. The third kappa shape index (κ3) is 3.28. The molecule has 4 rings (SSSR count). The number of fused-ring (bicyclic) bond motifs is 1. The molecule has 3 fully saturated rings. The maximum absolute atomic E-state index is 13.1. The van der Waals surface area contributed by atoms with E-state index in [1.807, 2.05) is 17.0 Å². The van der Waals surface area contributed by atoms with Gasteiger partial charge in [0.25, 0.3) is 0 Å². The van der Waals surface area contributed by atoms with Crippen LogP contribution in [0.25, 0.3) is 0 Å². The fourth-order valence-electron chi connectivity index (χ4n) is 4.76. The van der Waals surface area contributed by atoms with Crippen LogP contribution in [0.15, 0.2) is 24.5 Å². The topological polar surface area (TPSA) is 42.4 Å². The van der Waals surface area contributed by atoms with Crippen molar-refractivity contribution in [2.75, 3.05) is 19.7 Å². The molecule has 0 radical (unpaired) electrons. The number of aromatic nitrogens is 1. The number of hydrogen-bond acceptors (Lipinski definition) is 3. The normalized spacial score (nSPS) is 31.0. The summed E-state index contributed by atoms with van der Waals surface area (Å²) in [5.74, 6) is -2.76. The van der Waals surface area contributed by atoms with Gasteiger partial charge in [-0.15, -0.1) is 0 Å². The van der Waals surface area contributed by atoms with Gasteiger partial charge < -0.3 is 9.64 Å². The summed E-state index contributed by atoms with van der Waals surface area (Å²) < 4.78 is 32.1. The fraction of sp³-hybridized carbons (Fsp3) is 0.684. The van der Waals surface area contributed by atoms with Crippen LogP contribution in [0.1, 0.15) is 37.7 Å². The Morgan fingerprint density at radius 3 is 2.80 bits per heavy atom. The van der Waals surface area contributed by atoms with Gasteiger partial charge >= 0.3 is 0 Å². The molecule has 2 heterocycles. The van der Waals surface area contributed by atoms with Crippen LogP contribution in [-0.2, 0) is 16.1 Å². The largest absolute Gasteiger partial charge is 0.376 e. The van der Waals surface area contributed by atoms with E-state index in [9.17, 15) is 13.6 Å². The molecule has 0 bridgehead atoms. The lowest BCUT2D eigenvalue weighted by Gasteiger charge is -2.36. The van der Waals surface area contributed by atoms with E-state index in [1.54, 1.807) is 12.4 Å². The van der Waals surface area contributed by atoms with Crippen molar-refractivity contribution in [1.29, 1.82) is 0 Å². The Labute approximate surface area is 146 Å². The minimum absolute atomic E-state index is 0.00888. The second-order valence-electron chi connectivity index (χ2n) is 7.98. The number of ether oxygens (including phenoxy) is 1. The molecule has 4 nitrogen and oxygen atoms in total. The molecule has 1 amide bonds. The number of likely N-dealkylation sites (tertiary alicyclic amines) is 1. The zero-order chi connectivity index (χ0) is 17.5. The van der Waals surface area contributed by atoms with Gasteiger partial charge in [0.05, 0.1) is 13.2 Å². The maximum atomic E-state index is 13.1. The van der Waals surface area contributed by atoms with Crippen LogP contribution in [-0.4, -0.2) is 41.4 Å². The van der Waals surface area contributed by atoms with Crippen LogP contribution < -0.4 is 0 Å². The number of hydrogen-bond donors (Lipinski definition) is 0. The van der Waals surface area contributed by atoms with Gasteiger partial charge in [-0.25, -0.2) is 8.78 Å². The van der Waals surface area contributed by atoms with E-state index >= 15 is 0 Å². The van der Waals surface area contributed by atoms with Gasteiger partial charge in [0.1, 0.15) is 0 Å². The molecule has 3 aliphatic rings. The van der Waals surface area contributed by atoms with E-state index < -0.39 is 11.8 Å². The molecule has 2 aliphatic carbocycles. The van der Waals surface area contributed by atoms with Crippen LogP contribution in [0, 0.1) is 17.3 Å². The molecule has 6 heteroatoms. The Bertz CT molecular complexity index is 632. The summed E-state index contributed by atoms with van der Waals surface area (Å²) in [5, 5.41) is 0. The Hall–Kier alpha value is -1.56.